The summed E-state index contributed by atoms with van der Waals surface area (Å²) in [6.45, 7) is 8.59. The summed E-state index contributed by atoms with van der Waals surface area (Å²) in [5, 5.41) is 4.04. The molecule has 0 unspecified atom stereocenters. The zero-order valence-electron chi connectivity index (χ0n) is 16.2. The van der Waals surface area contributed by atoms with Gasteiger partial charge in [-0.2, -0.15) is 4.98 Å². The van der Waals surface area contributed by atoms with E-state index in [4.69, 9.17) is 9.26 Å². The highest BCUT2D eigenvalue weighted by atomic mass is 16.5. The summed E-state index contributed by atoms with van der Waals surface area (Å²) in [4.78, 5) is 17.6. The maximum absolute atomic E-state index is 5.80. The van der Waals surface area contributed by atoms with E-state index >= 15 is 0 Å². The van der Waals surface area contributed by atoms with Gasteiger partial charge < -0.3 is 14.2 Å². The van der Waals surface area contributed by atoms with E-state index in [1.165, 1.54) is 11.1 Å². The number of ether oxygens (including phenoxy) is 1. The summed E-state index contributed by atoms with van der Waals surface area (Å²) in [6.07, 6.45) is 3.55. The van der Waals surface area contributed by atoms with Gasteiger partial charge in [0.15, 0.2) is 6.61 Å². The van der Waals surface area contributed by atoms with Crippen molar-refractivity contribution in [1.29, 1.82) is 0 Å². The summed E-state index contributed by atoms with van der Waals surface area (Å²) in [7, 11) is 0. The van der Waals surface area contributed by atoms with Crippen LogP contribution in [0.15, 0.2) is 41.2 Å². The van der Waals surface area contributed by atoms with Gasteiger partial charge in [-0.25, -0.2) is 9.97 Å². The molecule has 1 aromatic carbocycles. The fraction of sp³-hybridized carbons (Fsp3) is 0.400. The lowest BCUT2D eigenvalue weighted by Crippen LogP contribution is -2.46. The van der Waals surface area contributed by atoms with Gasteiger partial charge in [-0.15, -0.1) is 0 Å². The van der Waals surface area contributed by atoms with Gasteiger partial charge in [-0.3, -0.25) is 4.90 Å². The third-order valence-corrected chi connectivity index (χ3v) is 4.64. The molecule has 0 aliphatic carbocycles. The second kappa shape index (κ2) is 8.35. The smallest absolute Gasteiger partial charge is 0.240 e. The lowest BCUT2D eigenvalue weighted by Gasteiger charge is -2.33. The first-order valence-corrected chi connectivity index (χ1v) is 9.42. The Morgan fingerprint density at radius 2 is 1.71 bits per heavy atom. The first-order valence-electron chi connectivity index (χ1n) is 9.42. The topological polar surface area (TPSA) is 80.4 Å². The van der Waals surface area contributed by atoms with Crippen molar-refractivity contribution < 1.29 is 9.26 Å². The van der Waals surface area contributed by atoms with Crippen LogP contribution in [0.1, 0.15) is 22.8 Å². The number of aryl methyl sites for hydroxylation is 2. The molecule has 8 nitrogen and oxygen atoms in total. The van der Waals surface area contributed by atoms with Crippen LogP contribution in [0.3, 0.4) is 0 Å². The van der Waals surface area contributed by atoms with Crippen LogP contribution >= 0.6 is 0 Å². The fourth-order valence-electron chi connectivity index (χ4n) is 3.33. The summed E-state index contributed by atoms with van der Waals surface area (Å²) in [5.74, 6) is 2.78. The molecule has 28 heavy (non-hydrogen) atoms. The quantitative estimate of drug-likeness (QED) is 0.645. The Morgan fingerprint density at radius 3 is 2.43 bits per heavy atom. The van der Waals surface area contributed by atoms with Gasteiger partial charge in [-0.05, 0) is 43.2 Å². The molecular weight excluding hydrogens is 356 g/mol. The van der Waals surface area contributed by atoms with Gasteiger partial charge in [-0.1, -0.05) is 11.2 Å². The van der Waals surface area contributed by atoms with Crippen LogP contribution in [0.25, 0.3) is 0 Å². The zero-order chi connectivity index (χ0) is 19.3. The van der Waals surface area contributed by atoms with Crippen LogP contribution in [0.2, 0.25) is 0 Å². The maximum Gasteiger partial charge on any atom is 0.240 e. The lowest BCUT2D eigenvalue weighted by molar-refractivity contribution is 0.214. The van der Waals surface area contributed by atoms with Crippen molar-refractivity contribution in [1.82, 2.24) is 25.0 Å². The first-order chi connectivity index (χ1) is 13.7. The average Bonchev–Trinajstić information content (AvgIpc) is 3.14. The van der Waals surface area contributed by atoms with E-state index in [-0.39, 0.29) is 0 Å². The second-order valence-electron chi connectivity index (χ2n) is 7.03. The third-order valence-electron chi connectivity index (χ3n) is 4.64. The van der Waals surface area contributed by atoms with Crippen molar-refractivity contribution in [3.05, 3.63) is 59.5 Å². The second-order valence-corrected chi connectivity index (χ2v) is 7.03. The molecule has 0 amide bonds. The first kappa shape index (κ1) is 18.4. The number of nitrogens with zero attached hydrogens (tertiary/aromatic N) is 6. The molecule has 1 aliphatic heterocycles. The standard InChI is InChI=1S/C20H24N6O2/c1-15-10-16(2)12-17(11-15)27-14-18-23-19(28-24-18)13-25-6-8-26(9-7-25)20-21-4-3-5-22-20/h3-5,10-12H,6-9,13-14H2,1-2H3. The van der Waals surface area contributed by atoms with E-state index < -0.39 is 0 Å². The molecule has 0 spiro atoms. The van der Waals surface area contributed by atoms with Crippen molar-refractivity contribution >= 4 is 5.95 Å². The van der Waals surface area contributed by atoms with Crippen LogP contribution in [0.4, 0.5) is 5.95 Å². The molecule has 4 rings (SSSR count). The monoisotopic (exact) mass is 380 g/mol. The minimum Gasteiger partial charge on any atom is -0.485 e. The Bertz CT molecular complexity index is 886. The van der Waals surface area contributed by atoms with Gasteiger partial charge in [0.2, 0.25) is 17.7 Å². The Balaban J connectivity index is 1.27. The molecule has 0 N–H and O–H groups in total. The van der Waals surface area contributed by atoms with Gasteiger partial charge in [0.1, 0.15) is 5.75 Å². The van der Waals surface area contributed by atoms with Crippen LogP contribution < -0.4 is 9.64 Å². The Labute approximate surface area is 164 Å². The zero-order valence-corrected chi connectivity index (χ0v) is 16.2. The molecule has 3 heterocycles. The molecule has 0 bridgehead atoms. The van der Waals surface area contributed by atoms with E-state index in [1.807, 2.05) is 18.2 Å². The number of rotatable bonds is 6. The molecule has 0 saturated carbocycles. The number of hydrogen-bond donors (Lipinski definition) is 0. The number of anilines is 1. The lowest BCUT2D eigenvalue weighted by atomic mass is 10.1. The van der Waals surface area contributed by atoms with Crippen molar-refractivity contribution in [2.75, 3.05) is 31.1 Å². The van der Waals surface area contributed by atoms with Crippen molar-refractivity contribution in [3.8, 4) is 5.75 Å². The summed E-state index contributed by atoms with van der Waals surface area (Å²) in [6, 6.07) is 7.95. The van der Waals surface area contributed by atoms with Gasteiger partial charge >= 0.3 is 0 Å². The van der Waals surface area contributed by atoms with Gasteiger partial charge in [0.25, 0.3) is 0 Å². The maximum atomic E-state index is 5.80. The number of benzene rings is 1. The Morgan fingerprint density at radius 1 is 1.00 bits per heavy atom. The summed E-state index contributed by atoms with van der Waals surface area (Å²) >= 11 is 0. The predicted octanol–water partition coefficient (Wildman–Crippen LogP) is 2.38. The highest BCUT2D eigenvalue weighted by Gasteiger charge is 2.20. The molecule has 8 heteroatoms. The molecule has 0 radical (unpaired) electrons. The van der Waals surface area contributed by atoms with E-state index in [0.29, 0.717) is 24.9 Å². The average molecular weight is 380 g/mol. The minimum absolute atomic E-state index is 0.297. The Hall–Kier alpha value is -3.00. The molecule has 1 aliphatic rings. The van der Waals surface area contributed by atoms with Crippen molar-refractivity contribution in [2.45, 2.75) is 27.0 Å². The van der Waals surface area contributed by atoms with Crippen molar-refractivity contribution in [3.63, 3.8) is 0 Å². The molecule has 2 aromatic heterocycles. The number of piperazine rings is 1. The number of hydrogen-bond acceptors (Lipinski definition) is 8. The SMILES string of the molecule is Cc1cc(C)cc(OCc2noc(CN3CCN(c4ncccn4)CC3)n2)c1. The number of aromatic nitrogens is 4. The van der Waals surface area contributed by atoms with Gasteiger partial charge in [0, 0.05) is 38.6 Å². The highest BCUT2D eigenvalue weighted by molar-refractivity contribution is 5.33. The fourth-order valence-corrected chi connectivity index (χ4v) is 3.33. The minimum atomic E-state index is 0.297. The summed E-state index contributed by atoms with van der Waals surface area (Å²) < 4.78 is 11.2. The third kappa shape index (κ3) is 4.64. The van der Waals surface area contributed by atoms with E-state index in [1.54, 1.807) is 12.4 Å². The summed E-state index contributed by atoms with van der Waals surface area (Å²) in [5.41, 5.74) is 2.34. The molecule has 0 atom stereocenters. The normalized spacial score (nSPS) is 15.0. The van der Waals surface area contributed by atoms with Crippen LogP contribution in [-0.2, 0) is 13.2 Å². The van der Waals surface area contributed by atoms with Crippen LogP contribution in [0, 0.1) is 13.8 Å². The van der Waals surface area contributed by atoms with Crippen molar-refractivity contribution in [2.24, 2.45) is 0 Å². The highest BCUT2D eigenvalue weighted by Crippen LogP contribution is 2.17. The predicted molar refractivity (Wildman–Crippen MR) is 104 cm³/mol. The van der Waals surface area contributed by atoms with E-state index in [2.05, 4.69) is 49.8 Å². The largest absolute Gasteiger partial charge is 0.485 e. The molecule has 146 valence electrons. The van der Waals surface area contributed by atoms with Crippen LogP contribution in [0.5, 0.6) is 5.75 Å². The molecule has 3 aromatic rings. The van der Waals surface area contributed by atoms with Gasteiger partial charge in [0.05, 0.1) is 6.54 Å². The van der Waals surface area contributed by atoms with Crippen LogP contribution in [-0.4, -0.2) is 51.2 Å². The van der Waals surface area contributed by atoms with E-state index in [0.717, 1.165) is 37.9 Å². The molecule has 1 fully saturated rings. The Kier molecular flexibility index (Phi) is 5.48. The molecular formula is C20H24N6O2. The molecule has 1 saturated heterocycles. The van der Waals surface area contributed by atoms with E-state index in [9.17, 15) is 0 Å².